The zero-order valence-corrected chi connectivity index (χ0v) is 12.8. The fourth-order valence-electron chi connectivity index (χ4n) is 2.05. The number of pyridine rings is 1. The van der Waals surface area contributed by atoms with Crippen molar-refractivity contribution in [3.63, 3.8) is 0 Å². The molecule has 1 aliphatic rings. The van der Waals surface area contributed by atoms with Crippen LogP contribution in [0.3, 0.4) is 0 Å². The molecule has 1 N–H and O–H groups in total. The monoisotopic (exact) mass is 322 g/mol. The Morgan fingerprint density at radius 1 is 1.27 bits per heavy atom. The van der Waals surface area contributed by atoms with Gasteiger partial charge < -0.3 is 0 Å². The van der Waals surface area contributed by atoms with Crippen molar-refractivity contribution in [2.75, 3.05) is 4.72 Å². The van der Waals surface area contributed by atoms with Crippen molar-refractivity contribution in [2.24, 2.45) is 0 Å². The van der Waals surface area contributed by atoms with E-state index in [0.717, 1.165) is 42.7 Å². The van der Waals surface area contributed by atoms with Gasteiger partial charge in [0.05, 0.1) is 6.20 Å². The SMILES string of the molecule is CCc1cc(C2CC2)nc(NS(=O)(=O)c2cncc(F)c2)n1. The van der Waals surface area contributed by atoms with Crippen LogP contribution in [-0.4, -0.2) is 23.4 Å². The van der Waals surface area contributed by atoms with Gasteiger partial charge in [0, 0.05) is 23.5 Å². The van der Waals surface area contributed by atoms with Crippen molar-refractivity contribution in [1.29, 1.82) is 0 Å². The van der Waals surface area contributed by atoms with Crippen molar-refractivity contribution in [3.8, 4) is 0 Å². The first-order valence-corrected chi connectivity index (χ1v) is 8.47. The molecule has 22 heavy (non-hydrogen) atoms. The molecule has 8 heteroatoms. The molecule has 1 aliphatic carbocycles. The summed E-state index contributed by atoms with van der Waals surface area (Å²) >= 11 is 0. The summed E-state index contributed by atoms with van der Waals surface area (Å²) in [4.78, 5) is 11.7. The van der Waals surface area contributed by atoms with Crippen LogP contribution in [0.25, 0.3) is 0 Å². The van der Waals surface area contributed by atoms with Gasteiger partial charge in [-0.3, -0.25) is 4.98 Å². The third kappa shape index (κ3) is 3.22. The summed E-state index contributed by atoms with van der Waals surface area (Å²) in [6.45, 7) is 1.94. The van der Waals surface area contributed by atoms with Gasteiger partial charge in [-0.05, 0) is 31.4 Å². The zero-order valence-electron chi connectivity index (χ0n) is 12.0. The molecule has 0 saturated heterocycles. The van der Waals surface area contributed by atoms with Crippen molar-refractivity contribution in [1.82, 2.24) is 15.0 Å². The van der Waals surface area contributed by atoms with Crippen LogP contribution in [0.2, 0.25) is 0 Å². The molecule has 0 radical (unpaired) electrons. The lowest BCUT2D eigenvalue weighted by molar-refractivity contribution is 0.592. The number of hydrogen-bond acceptors (Lipinski definition) is 5. The molecule has 2 heterocycles. The average Bonchev–Trinajstić information content (AvgIpc) is 3.31. The summed E-state index contributed by atoms with van der Waals surface area (Å²) < 4.78 is 40.0. The molecule has 0 aliphatic heterocycles. The molecule has 1 saturated carbocycles. The highest BCUT2D eigenvalue weighted by atomic mass is 32.2. The van der Waals surface area contributed by atoms with E-state index >= 15 is 0 Å². The Hall–Kier alpha value is -2.09. The molecule has 116 valence electrons. The highest BCUT2D eigenvalue weighted by Crippen LogP contribution is 2.39. The first-order chi connectivity index (χ1) is 10.5. The topological polar surface area (TPSA) is 84.8 Å². The van der Waals surface area contributed by atoms with Crippen molar-refractivity contribution in [2.45, 2.75) is 37.0 Å². The highest BCUT2D eigenvalue weighted by Gasteiger charge is 2.27. The van der Waals surface area contributed by atoms with Gasteiger partial charge in [0.2, 0.25) is 5.95 Å². The average molecular weight is 322 g/mol. The quantitative estimate of drug-likeness (QED) is 0.912. The van der Waals surface area contributed by atoms with Gasteiger partial charge in [-0.15, -0.1) is 0 Å². The van der Waals surface area contributed by atoms with Gasteiger partial charge >= 0.3 is 0 Å². The number of nitrogens with zero attached hydrogens (tertiary/aromatic N) is 3. The highest BCUT2D eigenvalue weighted by molar-refractivity contribution is 7.92. The predicted octanol–water partition coefficient (Wildman–Crippen LogP) is 2.25. The van der Waals surface area contributed by atoms with E-state index in [0.29, 0.717) is 12.3 Å². The molecule has 0 unspecified atom stereocenters. The minimum absolute atomic E-state index is 0.0190. The molecule has 6 nitrogen and oxygen atoms in total. The maximum absolute atomic E-state index is 13.1. The molecule has 0 aromatic carbocycles. The Balaban J connectivity index is 1.93. The van der Waals surface area contributed by atoms with Gasteiger partial charge in [-0.2, -0.15) is 0 Å². The first-order valence-electron chi connectivity index (χ1n) is 6.99. The van der Waals surface area contributed by atoms with E-state index in [1.807, 2.05) is 13.0 Å². The fourth-order valence-corrected chi connectivity index (χ4v) is 2.97. The summed E-state index contributed by atoms with van der Waals surface area (Å²) in [7, 11) is -3.96. The maximum Gasteiger partial charge on any atom is 0.265 e. The summed E-state index contributed by atoms with van der Waals surface area (Å²) in [6, 6.07) is 2.81. The molecular weight excluding hydrogens is 307 g/mol. The molecule has 0 bridgehead atoms. The van der Waals surface area contributed by atoms with Crippen LogP contribution in [0.1, 0.15) is 37.1 Å². The van der Waals surface area contributed by atoms with E-state index in [9.17, 15) is 12.8 Å². The van der Waals surface area contributed by atoms with Crippen LogP contribution in [0.15, 0.2) is 29.4 Å². The van der Waals surface area contributed by atoms with Crippen LogP contribution in [-0.2, 0) is 16.4 Å². The smallest absolute Gasteiger partial charge is 0.260 e. The van der Waals surface area contributed by atoms with Gasteiger partial charge in [-0.1, -0.05) is 6.92 Å². The number of anilines is 1. The zero-order chi connectivity index (χ0) is 15.7. The second kappa shape index (κ2) is 5.60. The maximum atomic E-state index is 13.1. The fraction of sp³-hybridized carbons (Fsp3) is 0.357. The van der Waals surface area contributed by atoms with Crippen molar-refractivity contribution < 1.29 is 12.8 Å². The van der Waals surface area contributed by atoms with E-state index in [1.165, 1.54) is 0 Å². The predicted molar refractivity (Wildman–Crippen MR) is 78.4 cm³/mol. The summed E-state index contributed by atoms with van der Waals surface area (Å²) in [6.07, 6.45) is 4.81. The van der Waals surface area contributed by atoms with Gasteiger partial charge in [-0.25, -0.2) is 27.5 Å². The molecule has 1 fully saturated rings. The van der Waals surface area contributed by atoms with Gasteiger partial charge in [0.15, 0.2) is 0 Å². The molecule has 3 rings (SSSR count). The minimum Gasteiger partial charge on any atom is -0.260 e. The number of sulfonamides is 1. The van der Waals surface area contributed by atoms with Crippen LogP contribution in [0.5, 0.6) is 0 Å². The summed E-state index contributed by atoms with van der Waals surface area (Å²) in [5.41, 5.74) is 1.62. The number of nitrogens with one attached hydrogen (secondary N) is 1. The standard InChI is InChI=1S/C14H15FN4O2S/c1-2-11-6-13(9-3-4-9)18-14(17-11)19-22(20,21)12-5-10(15)7-16-8-12/h5-9H,2-4H2,1H3,(H,17,18,19). The Bertz CT molecular complexity index is 806. The van der Waals surface area contributed by atoms with Crippen LogP contribution in [0.4, 0.5) is 10.3 Å². The first kappa shape index (κ1) is 14.8. The lowest BCUT2D eigenvalue weighted by atomic mass is 10.2. The number of hydrogen-bond donors (Lipinski definition) is 1. The number of rotatable bonds is 5. The minimum atomic E-state index is -3.96. The molecule has 2 aromatic rings. The van der Waals surface area contributed by atoms with Gasteiger partial charge in [0.25, 0.3) is 10.0 Å². The van der Waals surface area contributed by atoms with E-state index in [1.54, 1.807) is 0 Å². The number of aryl methyl sites for hydroxylation is 1. The summed E-state index contributed by atoms with van der Waals surface area (Å²) in [5.74, 6) is -0.317. The van der Waals surface area contributed by atoms with E-state index in [-0.39, 0.29) is 10.8 Å². The van der Waals surface area contributed by atoms with E-state index in [4.69, 9.17) is 0 Å². The Labute approximate surface area is 127 Å². The lowest BCUT2D eigenvalue weighted by Gasteiger charge is -2.09. The normalized spacial score (nSPS) is 14.8. The van der Waals surface area contributed by atoms with Crippen LogP contribution >= 0.6 is 0 Å². The third-order valence-corrected chi connectivity index (χ3v) is 4.67. The second-order valence-corrected chi connectivity index (χ2v) is 6.86. The molecule has 0 amide bonds. The number of halogens is 1. The molecule has 2 aromatic heterocycles. The molecular formula is C14H15FN4O2S. The second-order valence-electron chi connectivity index (χ2n) is 5.18. The number of aromatic nitrogens is 3. The van der Waals surface area contributed by atoms with E-state index < -0.39 is 15.8 Å². The molecule has 0 atom stereocenters. The van der Waals surface area contributed by atoms with Crippen LogP contribution < -0.4 is 4.72 Å². The third-order valence-electron chi connectivity index (χ3n) is 3.37. The Morgan fingerprint density at radius 2 is 2.05 bits per heavy atom. The lowest BCUT2D eigenvalue weighted by Crippen LogP contribution is -2.16. The molecule has 0 spiro atoms. The Morgan fingerprint density at radius 3 is 2.68 bits per heavy atom. The van der Waals surface area contributed by atoms with Gasteiger partial charge in [0.1, 0.15) is 10.7 Å². The largest absolute Gasteiger partial charge is 0.265 e. The Kier molecular flexibility index (Phi) is 3.78. The van der Waals surface area contributed by atoms with Crippen molar-refractivity contribution in [3.05, 3.63) is 41.7 Å². The van der Waals surface area contributed by atoms with Crippen LogP contribution in [0, 0.1) is 5.82 Å². The van der Waals surface area contributed by atoms with E-state index in [2.05, 4.69) is 19.7 Å². The summed E-state index contributed by atoms with van der Waals surface area (Å²) in [5, 5.41) is 0. The van der Waals surface area contributed by atoms with Crippen molar-refractivity contribution >= 4 is 16.0 Å².